The van der Waals surface area contributed by atoms with E-state index >= 15 is 0 Å². The van der Waals surface area contributed by atoms with E-state index in [-0.39, 0.29) is 0 Å². The lowest BCUT2D eigenvalue weighted by molar-refractivity contribution is 0.671. The van der Waals surface area contributed by atoms with Gasteiger partial charge in [0.05, 0.1) is 5.70 Å². The fraction of sp³-hybridized carbons (Fsp3) is 0.556. The van der Waals surface area contributed by atoms with Gasteiger partial charge in [-0.15, -0.1) is 0 Å². The van der Waals surface area contributed by atoms with Gasteiger partial charge in [0, 0.05) is 11.7 Å². The van der Waals surface area contributed by atoms with Crippen molar-refractivity contribution in [2.24, 2.45) is 5.73 Å². The maximum Gasteiger partial charge on any atom is 0.0529 e. The average Bonchev–Trinajstić information content (AvgIpc) is 1.86. The molecular formula is C9H18N2. The average molecular weight is 154 g/mol. The summed E-state index contributed by atoms with van der Waals surface area (Å²) in [4.78, 5) is 0. The van der Waals surface area contributed by atoms with E-state index in [1.54, 1.807) is 0 Å². The van der Waals surface area contributed by atoms with Crippen LogP contribution in [0.1, 0.15) is 27.2 Å². The highest BCUT2D eigenvalue weighted by atomic mass is 14.9. The van der Waals surface area contributed by atoms with E-state index < -0.39 is 0 Å². The van der Waals surface area contributed by atoms with E-state index in [0.717, 1.165) is 12.1 Å². The first-order valence-corrected chi connectivity index (χ1v) is 3.99. The first kappa shape index (κ1) is 10.1. The molecule has 2 heteroatoms. The summed E-state index contributed by atoms with van der Waals surface area (Å²) in [5.41, 5.74) is 7.12. The first-order chi connectivity index (χ1) is 5.07. The highest BCUT2D eigenvalue weighted by Crippen LogP contribution is 2.00. The van der Waals surface area contributed by atoms with Crippen LogP contribution in [0.3, 0.4) is 0 Å². The Labute approximate surface area is 69.2 Å². The van der Waals surface area contributed by atoms with Crippen molar-refractivity contribution in [2.45, 2.75) is 33.2 Å². The maximum absolute atomic E-state index is 5.55. The van der Waals surface area contributed by atoms with Crippen LogP contribution in [0, 0.1) is 0 Å². The van der Waals surface area contributed by atoms with Crippen LogP contribution >= 0.6 is 0 Å². The topological polar surface area (TPSA) is 38.0 Å². The molecule has 3 N–H and O–H groups in total. The molecule has 0 aliphatic heterocycles. The van der Waals surface area contributed by atoms with Crippen LogP contribution < -0.4 is 11.1 Å². The zero-order chi connectivity index (χ0) is 8.85. The lowest BCUT2D eigenvalue weighted by atomic mass is 10.2. The summed E-state index contributed by atoms with van der Waals surface area (Å²) in [5.74, 6) is 0. The van der Waals surface area contributed by atoms with E-state index in [1.807, 2.05) is 6.08 Å². The lowest BCUT2D eigenvalue weighted by Crippen LogP contribution is -2.25. The van der Waals surface area contributed by atoms with E-state index in [4.69, 9.17) is 5.73 Å². The Hall–Kier alpha value is -0.920. The van der Waals surface area contributed by atoms with Gasteiger partial charge in [0.25, 0.3) is 0 Å². The molecule has 64 valence electrons. The number of nitrogens with one attached hydrogen (secondary N) is 1. The molecule has 0 amide bonds. The van der Waals surface area contributed by atoms with Gasteiger partial charge in [0.15, 0.2) is 0 Å². The molecule has 0 aliphatic rings. The van der Waals surface area contributed by atoms with Crippen molar-refractivity contribution >= 4 is 0 Å². The third-order valence-electron chi connectivity index (χ3n) is 1.20. The zero-order valence-corrected chi connectivity index (χ0v) is 7.65. The highest BCUT2D eigenvalue weighted by Gasteiger charge is 1.98. The van der Waals surface area contributed by atoms with E-state index in [9.17, 15) is 0 Å². The second kappa shape index (κ2) is 4.83. The summed E-state index contributed by atoms with van der Waals surface area (Å²) >= 11 is 0. The molecular weight excluding hydrogens is 136 g/mol. The number of allylic oxidation sites excluding steroid dienone is 1. The van der Waals surface area contributed by atoms with Gasteiger partial charge >= 0.3 is 0 Å². The predicted molar refractivity (Wildman–Crippen MR) is 50.0 cm³/mol. The third kappa shape index (κ3) is 4.48. The number of nitrogens with two attached hydrogens (primary N) is 1. The van der Waals surface area contributed by atoms with Gasteiger partial charge in [-0.2, -0.15) is 0 Å². The summed E-state index contributed by atoms with van der Waals surface area (Å²) in [6.45, 7) is 9.90. The molecule has 0 aromatic rings. The molecule has 0 saturated carbocycles. The lowest BCUT2D eigenvalue weighted by Gasteiger charge is -2.13. The molecule has 0 unspecified atom stereocenters. The van der Waals surface area contributed by atoms with Crippen LogP contribution in [-0.2, 0) is 0 Å². The minimum atomic E-state index is 0.410. The molecule has 0 aromatic heterocycles. The minimum Gasteiger partial charge on any atom is -0.398 e. The minimum absolute atomic E-state index is 0.410. The monoisotopic (exact) mass is 154 g/mol. The molecule has 0 radical (unpaired) electrons. The van der Waals surface area contributed by atoms with Gasteiger partial charge in [-0.3, -0.25) is 0 Å². The van der Waals surface area contributed by atoms with Gasteiger partial charge in [-0.25, -0.2) is 0 Å². The van der Waals surface area contributed by atoms with E-state index in [1.165, 1.54) is 0 Å². The molecule has 0 bridgehead atoms. The van der Waals surface area contributed by atoms with Crippen molar-refractivity contribution in [3.05, 3.63) is 24.0 Å². The van der Waals surface area contributed by atoms with Gasteiger partial charge in [0.2, 0.25) is 0 Å². The Bertz CT molecular complexity index is 157. The quantitative estimate of drug-likeness (QED) is 0.605. The summed E-state index contributed by atoms with van der Waals surface area (Å²) < 4.78 is 0. The summed E-state index contributed by atoms with van der Waals surface area (Å²) in [6.07, 6.45) is 3.02. The summed E-state index contributed by atoms with van der Waals surface area (Å²) in [5, 5.41) is 3.22. The smallest absolute Gasteiger partial charge is 0.0529 e. The molecule has 0 heterocycles. The molecule has 0 aromatic carbocycles. The maximum atomic E-state index is 5.55. The van der Waals surface area contributed by atoms with Crippen LogP contribution in [-0.4, -0.2) is 6.04 Å². The fourth-order valence-electron chi connectivity index (χ4n) is 0.798. The van der Waals surface area contributed by atoms with Gasteiger partial charge in [-0.05, 0) is 20.3 Å². The second-order valence-corrected chi connectivity index (χ2v) is 2.85. The van der Waals surface area contributed by atoms with Crippen molar-refractivity contribution in [2.75, 3.05) is 0 Å². The molecule has 0 saturated heterocycles. The zero-order valence-electron chi connectivity index (χ0n) is 7.65. The standard InChI is InChI=1S/C9H18N2/c1-5-6-9(8(4)10)11-7(2)3/h6-7,11H,4-5,10H2,1-3H3/b9-6+. The molecule has 0 atom stereocenters. The highest BCUT2D eigenvalue weighted by molar-refractivity contribution is 5.23. The molecule has 11 heavy (non-hydrogen) atoms. The Morgan fingerprint density at radius 3 is 2.45 bits per heavy atom. The van der Waals surface area contributed by atoms with Gasteiger partial charge in [0.1, 0.15) is 0 Å². The first-order valence-electron chi connectivity index (χ1n) is 3.99. The molecule has 0 fully saturated rings. The Kier molecular flexibility index (Phi) is 4.42. The van der Waals surface area contributed by atoms with Crippen molar-refractivity contribution in [1.29, 1.82) is 0 Å². The normalized spacial score (nSPS) is 11.8. The van der Waals surface area contributed by atoms with Crippen LogP contribution in [0.4, 0.5) is 0 Å². The van der Waals surface area contributed by atoms with Crippen molar-refractivity contribution in [1.82, 2.24) is 5.32 Å². The van der Waals surface area contributed by atoms with Crippen molar-refractivity contribution in [3.63, 3.8) is 0 Å². The molecule has 0 aliphatic carbocycles. The predicted octanol–water partition coefficient (Wildman–Crippen LogP) is 1.75. The number of rotatable bonds is 4. The van der Waals surface area contributed by atoms with Crippen molar-refractivity contribution in [3.8, 4) is 0 Å². The fourth-order valence-corrected chi connectivity index (χ4v) is 0.798. The van der Waals surface area contributed by atoms with Gasteiger partial charge in [-0.1, -0.05) is 19.6 Å². The Morgan fingerprint density at radius 1 is 1.64 bits per heavy atom. The van der Waals surface area contributed by atoms with Crippen LogP contribution in [0.25, 0.3) is 0 Å². The molecule has 0 spiro atoms. The Morgan fingerprint density at radius 2 is 2.18 bits per heavy atom. The molecule has 2 nitrogen and oxygen atoms in total. The summed E-state index contributed by atoms with van der Waals surface area (Å²) in [6, 6.07) is 0.410. The van der Waals surface area contributed by atoms with E-state index in [0.29, 0.717) is 11.7 Å². The van der Waals surface area contributed by atoms with Crippen molar-refractivity contribution < 1.29 is 0 Å². The van der Waals surface area contributed by atoms with Crippen LogP contribution in [0.15, 0.2) is 24.0 Å². The summed E-state index contributed by atoms with van der Waals surface area (Å²) in [7, 11) is 0. The Balaban J connectivity index is 4.12. The molecule has 0 rings (SSSR count). The SMILES string of the molecule is C=C(N)/C(=C\CC)NC(C)C. The van der Waals surface area contributed by atoms with Gasteiger partial charge < -0.3 is 11.1 Å². The van der Waals surface area contributed by atoms with E-state index in [2.05, 4.69) is 32.7 Å². The number of hydrogen-bond acceptors (Lipinski definition) is 2. The largest absolute Gasteiger partial charge is 0.398 e. The second-order valence-electron chi connectivity index (χ2n) is 2.85. The number of hydrogen-bond donors (Lipinski definition) is 2. The third-order valence-corrected chi connectivity index (χ3v) is 1.20. The van der Waals surface area contributed by atoms with Crippen LogP contribution in [0.2, 0.25) is 0 Å². The van der Waals surface area contributed by atoms with Crippen LogP contribution in [0.5, 0.6) is 0 Å².